The first-order valence-corrected chi connectivity index (χ1v) is 4.74. The summed E-state index contributed by atoms with van der Waals surface area (Å²) < 4.78 is 5.75. The summed E-state index contributed by atoms with van der Waals surface area (Å²) in [6.07, 6.45) is 0.296. The first-order chi connectivity index (χ1) is 6.27. The van der Waals surface area contributed by atoms with E-state index >= 15 is 0 Å². The molecule has 1 aromatic carbocycles. The largest absolute Gasteiger partial charge is 0.416 e. The van der Waals surface area contributed by atoms with Crippen LogP contribution in [0.25, 0.3) is 0 Å². The Morgan fingerprint density at radius 1 is 1.23 bits per heavy atom. The second kappa shape index (κ2) is 3.52. The Balaban J connectivity index is 2.12. The highest BCUT2D eigenvalue weighted by Crippen LogP contribution is 2.08. The normalized spacial score (nSPS) is 28.0. The van der Waals surface area contributed by atoms with Gasteiger partial charge >= 0.3 is 7.05 Å². The van der Waals surface area contributed by atoms with Crippen LogP contribution in [0.2, 0.25) is 0 Å². The molecule has 0 radical (unpaired) electrons. The van der Waals surface area contributed by atoms with E-state index in [0.29, 0.717) is 12.1 Å². The Morgan fingerprint density at radius 2 is 1.92 bits per heavy atom. The van der Waals surface area contributed by atoms with Crippen molar-refractivity contribution in [3.05, 3.63) is 30.3 Å². The van der Waals surface area contributed by atoms with Crippen molar-refractivity contribution in [3.63, 3.8) is 0 Å². The van der Waals surface area contributed by atoms with E-state index in [9.17, 15) is 0 Å². The van der Waals surface area contributed by atoms with Gasteiger partial charge < -0.3 is 9.88 Å². The van der Waals surface area contributed by atoms with Crippen LogP contribution in [-0.4, -0.2) is 19.2 Å². The topological polar surface area (TPSA) is 21.3 Å². The van der Waals surface area contributed by atoms with Crippen molar-refractivity contribution < 1.29 is 4.65 Å². The predicted octanol–water partition coefficient (Wildman–Crippen LogP) is 0.779. The lowest BCUT2D eigenvalue weighted by Gasteiger charge is -2.06. The maximum absolute atomic E-state index is 5.75. The molecule has 0 amide bonds. The highest BCUT2D eigenvalue weighted by molar-refractivity contribution is 6.65. The molecule has 1 fully saturated rings. The van der Waals surface area contributed by atoms with Gasteiger partial charge in [-0.25, -0.2) is 0 Å². The Kier molecular flexibility index (Phi) is 2.38. The minimum atomic E-state index is 0.0752. The van der Waals surface area contributed by atoms with Gasteiger partial charge in [-0.05, 0) is 19.3 Å². The van der Waals surface area contributed by atoms with Crippen molar-refractivity contribution >= 4 is 12.5 Å². The van der Waals surface area contributed by atoms with Gasteiger partial charge in [0.2, 0.25) is 0 Å². The van der Waals surface area contributed by atoms with Gasteiger partial charge in [0.1, 0.15) is 0 Å². The van der Waals surface area contributed by atoms with Gasteiger partial charge in [-0.2, -0.15) is 0 Å². The van der Waals surface area contributed by atoms with Gasteiger partial charge in [-0.15, -0.1) is 0 Å². The smallest absolute Gasteiger partial charge is 0.414 e. The van der Waals surface area contributed by atoms with E-state index in [4.69, 9.17) is 4.65 Å². The highest BCUT2D eigenvalue weighted by atomic mass is 16.5. The second-order valence-electron chi connectivity index (χ2n) is 3.59. The summed E-state index contributed by atoms with van der Waals surface area (Å²) in [5.74, 6) is 0. The fourth-order valence-electron chi connectivity index (χ4n) is 1.55. The molecule has 0 aliphatic carbocycles. The molecule has 68 valence electrons. The molecule has 2 rings (SSSR count). The Bertz CT molecular complexity index is 268. The van der Waals surface area contributed by atoms with E-state index in [1.807, 2.05) is 18.2 Å². The van der Waals surface area contributed by atoms with E-state index in [-0.39, 0.29) is 7.05 Å². The van der Waals surface area contributed by atoms with Crippen LogP contribution in [0.15, 0.2) is 30.3 Å². The number of benzene rings is 1. The lowest BCUT2D eigenvalue weighted by molar-refractivity contribution is 0.240. The molecule has 3 heteroatoms. The molecule has 1 N–H and O–H groups in total. The second-order valence-corrected chi connectivity index (χ2v) is 3.59. The summed E-state index contributed by atoms with van der Waals surface area (Å²) in [4.78, 5) is 0. The summed E-state index contributed by atoms with van der Waals surface area (Å²) in [5.41, 5.74) is 1.21. The average molecular weight is 175 g/mol. The number of hydrogen-bond acceptors (Lipinski definition) is 2. The van der Waals surface area contributed by atoms with Crippen LogP contribution in [0.5, 0.6) is 0 Å². The summed E-state index contributed by atoms with van der Waals surface area (Å²) in [7, 11) is 0.0752. The molecule has 2 atom stereocenters. The molecular formula is C10H14BNO. The third-order valence-electron chi connectivity index (χ3n) is 2.57. The minimum Gasteiger partial charge on any atom is -0.414 e. The molecule has 0 saturated carbocycles. The average Bonchev–Trinajstić information content (AvgIpc) is 2.49. The minimum absolute atomic E-state index is 0.0752. The fourth-order valence-corrected chi connectivity index (χ4v) is 1.55. The van der Waals surface area contributed by atoms with E-state index in [1.165, 1.54) is 5.46 Å². The van der Waals surface area contributed by atoms with Crippen molar-refractivity contribution in [1.82, 2.24) is 5.23 Å². The summed E-state index contributed by atoms with van der Waals surface area (Å²) in [6.45, 7) is 4.24. The van der Waals surface area contributed by atoms with E-state index < -0.39 is 0 Å². The summed E-state index contributed by atoms with van der Waals surface area (Å²) in [6, 6.07) is 10.7. The molecule has 1 aromatic rings. The maximum Gasteiger partial charge on any atom is 0.416 e. The molecule has 2 unspecified atom stereocenters. The maximum atomic E-state index is 5.75. The molecule has 1 aliphatic heterocycles. The van der Waals surface area contributed by atoms with Crippen LogP contribution in [0.3, 0.4) is 0 Å². The zero-order chi connectivity index (χ0) is 9.26. The van der Waals surface area contributed by atoms with Crippen molar-refractivity contribution in [2.45, 2.75) is 26.0 Å². The van der Waals surface area contributed by atoms with Crippen molar-refractivity contribution in [2.75, 3.05) is 0 Å². The van der Waals surface area contributed by atoms with Crippen LogP contribution >= 0.6 is 0 Å². The van der Waals surface area contributed by atoms with Gasteiger partial charge in [0.05, 0.1) is 6.10 Å². The van der Waals surface area contributed by atoms with Crippen LogP contribution in [-0.2, 0) is 4.65 Å². The van der Waals surface area contributed by atoms with E-state index in [0.717, 1.165) is 0 Å². The Morgan fingerprint density at radius 3 is 2.46 bits per heavy atom. The Hall–Kier alpha value is -0.795. The molecule has 0 aromatic heterocycles. The van der Waals surface area contributed by atoms with E-state index in [2.05, 4.69) is 31.2 Å². The first-order valence-electron chi connectivity index (χ1n) is 4.74. The van der Waals surface area contributed by atoms with Crippen molar-refractivity contribution in [1.29, 1.82) is 0 Å². The molecule has 0 spiro atoms. The number of hydrogen-bond donors (Lipinski definition) is 1. The zero-order valence-electron chi connectivity index (χ0n) is 8.03. The van der Waals surface area contributed by atoms with Crippen LogP contribution < -0.4 is 10.7 Å². The van der Waals surface area contributed by atoms with Crippen LogP contribution in [0.4, 0.5) is 0 Å². The number of rotatable bonds is 1. The SMILES string of the molecule is CC1NB(c2ccccc2)OC1C. The zero-order valence-corrected chi connectivity index (χ0v) is 8.03. The van der Waals surface area contributed by atoms with Gasteiger partial charge in [-0.3, -0.25) is 0 Å². The van der Waals surface area contributed by atoms with Gasteiger partial charge in [0.15, 0.2) is 0 Å². The predicted molar refractivity (Wildman–Crippen MR) is 55.0 cm³/mol. The molecular weight excluding hydrogens is 161 g/mol. The standard InChI is InChI=1S/C10H14BNO/c1-8-9(2)13-11(12-8)10-6-4-3-5-7-10/h3-9,12H,1-2H3. The summed E-state index contributed by atoms with van der Waals surface area (Å²) >= 11 is 0. The fraction of sp³-hybridized carbons (Fsp3) is 0.400. The van der Waals surface area contributed by atoms with E-state index in [1.54, 1.807) is 0 Å². The quantitative estimate of drug-likeness (QED) is 0.636. The molecule has 0 bridgehead atoms. The van der Waals surface area contributed by atoms with Crippen molar-refractivity contribution in [2.24, 2.45) is 0 Å². The molecule has 2 nitrogen and oxygen atoms in total. The summed E-state index contributed by atoms with van der Waals surface area (Å²) in [5, 5.41) is 3.40. The van der Waals surface area contributed by atoms with Crippen LogP contribution in [0, 0.1) is 0 Å². The Labute approximate surface area is 79.4 Å². The van der Waals surface area contributed by atoms with Gasteiger partial charge in [0, 0.05) is 6.04 Å². The third-order valence-corrected chi connectivity index (χ3v) is 2.57. The molecule has 1 aliphatic rings. The lowest BCUT2D eigenvalue weighted by atomic mass is 9.74. The van der Waals surface area contributed by atoms with Crippen molar-refractivity contribution in [3.8, 4) is 0 Å². The monoisotopic (exact) mass is 175 g/mol. The third kappa shape index (κ3) is 1.76. The lowest BCUT2D eigenvalue weighted by Crippen LogP contribution is -2.43. The first kappa shape index (κ1) is 8.79. The van der Waals surface area contributed by atoms with Gasteiger partial charge in [-0.1, -0.05) is 30.3 Å². The molecule has 13 heavy (non-hydrogen) atoms. The molecule has 1 heterocycles. The van der Waals surface area contributed by atoms with Gasteiger partial charge in [0.25, 0.3) is 0 Å². The van der Waals surface area contributed by atoms with Crippen LogP contribution in [0.1, 0.15) is 13.8 Å². The highest BCUT2D eigenvalue weighted by Gasteiger charge is 2.33. The number of nitrogens with one attached hydrogen (secondary N) is 1. The molecule has 1 saturated heterocycles.